The highest BCUT2D eigenvalue weighted by atomic mass is 32.2. The van der Waals surface area contributed by atoms with Crippen molar-refractivity contribution >= 4 is 15.9 Å². The van der Waals surface area contributed by atoms with E-state index in [9.17, 15) is 13.2 Å². The quantitative estimate of drug-likeness (QED) is 0.560. The number of hydrogen-bond donors (Lipinski definition) is 2. The van der Waals surface area contributed by atoms with Crippen LogP contribution in [0.25, 0.3) is 0 Å². The number of carbonyl (C=O) groups is 1. The number of methoxy groups -OCH3 is 1. The fourth-order valence-electron chi connectivity index (χ4n) is 3.24. The average Bonchev–Trinajstić information content (AvgIpc) is 2.78. The Balaban J connectivity index is 2.02. The molecule has 1 amide bonds. The second-order valence-electron chi connectivity index (χ2n) is 7.10. The van der Waals surface area contributed by atoms with Gasteiger partial charge in [-0.1, -0.05) is 60.2 Å². The first-order chi connectivity index (χ1) is 14.9. The molecule has 0 aliphatic rings. The molecule has 0 heterocycles. The summed E-state index contributed by atoms with van der Waals surface area (Å²) in [7, 11) is -2.51. The Labute approximate surface area is 183 Å². The van der Waals surface area contributed by atoms with Crippen LogP contribution in [0.5, 0.6) is 5.75 Å². The molecule has 3 aromatic carbocycles. The third kappa shape index (κ3) is 5.31. The summed E-state index contributed by atoms with van der Waals surface area (Å²) in [6.45, 7) is 4.19. The lowest BCUT2D eigenvalue weighted by atomic mass is 9.99. The van der Waals surface area contributed by atoms with Crippen LogP contribution in [0.2, 0.25) is 0 Å². The van der Waals surface area contributed by atoms with Crippen LogP contribution in [-0.2, 0) is 10.0 Å². The van der Waals surface area contributed by atoms with Crippen LogP contribution in [0.3, 0.4) is 0 Å². The number of nitrogens with one attached hydrogen (secondary N) is 2. The van der Waals surface area contributed by atoms with Gasteiger partial charge in [0.25, 0.3) is 5.91 Å². The van der Waals surface area contributed by atoms with Gasteiger partial charge in [-0.2, -0.15) is 4.72 Å². The van der Waals surface area contributed by atoms with Gasteiger partial charge in [0, 0.05) is 6.54 Å². The number of hydrogen-bond acceptors (Lipinski definition) is 4. The van der Waals surface area contributed by atoms with Crippen LogP contribution in [-0.4, -0.2) is 28.0 Å². The van der Waals surface area contributed by atoms with Crippen molar-refractivity contribution in [3.05, 3.63) is 95.1 Å². The Bertz CT molecular complexity index is 1140. The lowest BCUT2D eigenvalue weighted by Gasteiger charge is -2.20. The summed E-state index contributed by atoms with van der Waals surface area (Å²) in [4.78, 5) is 12.4. The van der Waals surface area contributed by atoms with E-state index in [1.165, 1.54) is 25.3 Å². The first-order valence-electron chi connectivity index (χ1n) is 9.95. The zero-order valence-corrected chi connectivity index (χ0v) is 18.6. The zero-order valence-electron chi connectivity index (χ0n) is 17.8. The molecule has 0 saturated carbocycles. The highest BCUT2D eigenvalue weighted by Crippen LogP contribution is 2.27. The molecular weight excluding hydrogens is 412 g/mol. The van der Waals surface area contributed by atoms with Gasteiger partial charge in [-0.25, -0.2) is 8.42 Å². The fourth-order valence-corrected chi connectivity index (χ4v) is 4.48. The Morgan fingerprint density at radius 2 is 1.61 bits per heavy atom. The second kappa shape index (κ2) is 9.76. The van der Waals surface area contributed by atoms with Crippen molar-refractivity contribution in [2.75, 3.05) is 13.7 Å². The molecule has 0 bridgehead atoms. The van der Waals surface area contributed by atoms with E-state index < -0.39 is 22.0 Å². The van der Waals surface area contributed by atoms with Gasteiger partial charge in [0.1, 0.15) is 5.75 Å². The van der Waals surface area contributed by atoms with Crippen LogP contribution >= 0.6 is 0 Å². The number of sulfonamides is 1. The van der Waals surface area contributed by atoms with E-state index in [1.807, 2.05) is 61.5 Å². The first-order valence-corrected chi connectivity index (χ1v) is 11.4. The Morgan fingerprint density at radius 3 is 2.23 bits per heavy atom. The predicted octanol–water partition coefficient (Wildman–Crippen LogP) is 3.82. The summed E-state index contributed by atoms with van der Waals surface area (Å²) in [5.74, 6) is -0.0856. The van der Waals surface area contributed by atoms with Gasteiger partial charge < -0.3 is 10.1 Å². The topological polar surface area (TPSA) is 84.5 Å². The molecule has 0 spiro atoms. The highest BCUT2D eigenvalue weighted by Gasteiger charge is 2.25. The molecule has 31 heavy (non-hydrogen) atoms. The highest BCUT2D eigenvalue weighted by molar-refractivity contribution is 7.89. The molecule has 0 aliphatic heterocycles. The molecule has 3 aromatic rings. The number of rotatable bonds is 8. The van der Waals surface area contributed by atoms with Crippen LogP contribution < -0.4 is 14.8 Å². The molecule has 0 aromatic heterocycles. The predicted molar refractivity (Wildman–Crippen MR) is 121 cm³/mol. The van der Waals surface area contributed by atoms with E-state index in [-0.39, 0.29) is 10.5 Å². The van der Waals surface area contributed by atoms with E-state index in [0.29, 0.717) is 12.3 Å². The number of carbonyl (C=O) groups excluding carboxylic acids is 1. The van der Waals surface area contributed by atoms with Crippen molar-refractivity contribution in [3.8, 4) is 5.75 Å². The van der Waals surface area contributed by atoms with E-state index in [4.69, 9.17) is 4.74 Å². The van der Waals surface area contributed by atoms with Gasteiger partial charge >= 0.3 is 0 Å². The number of ether oxygens (including phenoxy) is 1. The van der Waals surface area contributed by atoms with E-state index in [0.717, 1.165) is 16.7 Å². The average molecular weight is 439 g/mol. The van der Waals surface area contributed by atoms with Crippen molar-refractivity contribution in [1.29, 1.82) is 0 Å². The summed E-state index contributed by atoms with van der Waals surface area (Å²) in [6, 6.07) is 20.7. The number of benzene rings is 3. The maximum Gasteiger partial charge on any atom is 0.255 e. The molecule has 0 saturated heterocycles. The lowest BCUT2D eigenvalue weighted by molar-refractivity contribution is 0.0952. The van der Waals surface area contributed by atoms with Crippen LogP contribution in [0.4, 0.5) is 0 Å². The van der Waals surface area contributed by atoms with Gasteiger partial charge in [-0.3, -0.25) is 4.79 Å². The summed E-state index contributed by atoms with van der Waals surface area (Å²) in [6.07, 6.45) is 0. The summed E-state index contributed by atoms with van der Waals surface area (Å²) in [5.41, 5.74) is 2.88. The molecule has 0 fully saturated rings. The van der Waals surface area contributed by atoms with Gasteiger partial charge in [0.2, 0.25) is 10.0 Å². The fraction of sp³-hybridized carbons (Fsp3) is 0.208. The molecule has 0 aliphatic carbocycles. The largest absolute Gasteiger partial charge is 0.496 e. The lowest BCUT2D eigenvalue weighted by Crippen LogP contribution is -2.30. The maximum atomic E-state index is 13.3. The molecule has 3 rings (SSSR count). The Kier molecular flexibility index (Phi) is 7.09. The summed E-state index contributed by atoms with van der Waals surface area (Å²) >= 11 is 0. The van der Waals surface area contributed by atoms with Crippen LogP contribution in [0.1, 0.15) is 40.0 Å². The molecule has 6 nitrogen and oxygen atoms in total. The molecule has 7 heteroatoms. The molecule has 0 unspecified atom stereocenters. The van der Waals surface area contributed by atoms with E-state index >= 15 is 0 Å². The monoisotopic (exact) mass is 438 g/mol. The smallest absolute Gasteiger partial charge is 0.255 e. The third-order valence-electron chi connectivity index (χ3n) is 4.88. The van der Waals surface area contributed by atoms with Crippen LogP contribution in [0.15, 0.2) is 77.7 Å². The van der Waals surface area contributed by atoms with E-state index in [2.05, 4.69) is 10.0 Å². The molecule has 1 atom stereocenters. The standard InChI is InChI=1S/C24H26N2O4S/c1-4-25-24(27)21-16-20(14-15-22(21)30-3)31(28,29)26-23(18-8-6-5-7-9-18)19-12-10-17(2)11-13-19/h5-16,23,26H,4H2,1-3H3,(H,25,27)/t23-/m1/s1. The number of aryl methyl sites for hydroxylation is 1. The summed E-state index contributed by atoms with van der Waals surface area (Å²) < 4.78 is 34.6. The number of amides is 1. The van der Waals surface area contributed by atoms with E-state index in [1.54, 1.807) is 6.92 Å². The van der Waals surface area contributed by atoms with Crippen molar-refractivity contribution in [2.24, 2.45) is 0 Å². The van der Waals surface area contributed by atoms with Crippen LogP contribution in [0, 0.1) is 6.92 Å². The van der Waals surface area contributed by atoms with Crippen molar-refractivity contribution in [1.82, 2.24) is 10.0 Å². The molecule has 0 radical (unpaired) electrons. The van der Waals surface area contributed by atoms with Gasteiger partial charge in [0.05, 0.1) is 23.6 Å². The minimum absolute atomic E-state index is 0.0115. The van der Waals surface area contributed by atoms with Gasteiger partial charge in [0.15, 0.2) is 0 Å². The molecule has 2 N–H and O–H groups in total. The minimum atomic E-state index is -3.95. The normalized spacial score (nSPS) is 12.2. The third-order valence-corrected chi connectivity index (χ3v) is 6.30. The Hall–Kier alpha value is -3.16. The minimum Gasteiger partial charge on any atom is -0.496 e. The molecular formula is C24H26N2O4S. The summed E-state index contributed by atoms with van der Waals surface area (Å²) in [5, 5.41) is 2.68. The van der Waals surface area contributed by atoms with Gasteiger partial charge in [-0.15, -0.1) is 0 Å². The van der Waals surface area contributed by atoms with Gasteiger partial charge in [-0.05, 0) is 43.2 Å². The second-order valence-corrected chi connectivity index (χ2v) is 8.81. The van der Waals surface area contributed by atoms with Crippen molar-refractivity contribution in [3.63, 3.8) is 0 Å². The maximum absolute atomic E-state index is 13.3. The molecule has 162 valence electrons. The SMILES string of the molecule is CCNC(=O)c1cc(S(=O)(=O)N[C@H](c2ccccc2)c2ccc(C)cc2)ccc1OC. The first kappa shape index (κ1) is 22.5. The zero-order chi connectivity index (χ0) is 22.4. The van der Waals surface area contributed by atoms with Crippen molar-refractivity contribution < 1.29 is 17.9 Å². The Morgan fingerprint density at radius 1 is 0.968 bits per heavy atom. The van der Waals surface area contributed by atoms with Crippen molar-refractivity contribution in [2.45, 2.75) is 24.8 Å².